The van der Waals surface area contributed by atoms with Crippen LogP contribution in [0.25, 0.3) is 0 Å². The lowest BCUT2D eigenvalue weighted by molar-refractivity contribution is 0.0697. The van der Waals surface area contributed by atoms with Gasteiger partial charge >= 0.3 is 0 Å². The number of amides is 1. The van der Waals surface area contributed by atoms with E-state index >= 15 is 0 Å². The summed E-state index contributed by atoms with van der Waals surface area (Å²) in [5.41, 5.74) is 1.71. The van der Waals surface area contributed by atoms with Crippen LogP contribution >= 0.6 is 11.6 Å². The maximum absolute atomic E-state index is 12.2. The number of rotatable bonds is 1. The van der Waals surface area contributed by atoms with Crippen LogP contribution in [0.15, 0.2) is 18.2 Å². The van der Waals surface area contributed by atoms with Gasteiger partial charge in [0, 0.05) is 23.7 Å². The van der Waals surface area contributed by atoms with Gasteiger partial charge in [-0.25, -0.2) is 0 Å². The Morgan fingerprint density at radius 1 is 1.35 bits per heavy atom. The molecule has 0 bridgehead atoms. The zero-order valence-corrected chi connectivity index (χ0v) is 11.1. The predicted molar refractivity (Wildman–Crippen MR) is 70.5 cm³/mol. The zero-order valence-electron chi connectivity index (χ0n) is 10.4. The molecule has 1 aromatic rings. The Morgan fingerprint density at radius 2 is 2.00 bits per heavy atom. The summed E-state index contributed by atoms with van der Waals surface area (Å²) in [6.07, 6.45) is 2.21. The first-order valence-corrected chi connectivity index (χ1v) is 6.51. The molecule has 0 unspecified atom stereocenters. The Hall–Kier alpha value is -1.02. The molecule has 0 spiro atoms. The van der Waals surface area contributed by atoms with Crippen molar-refractivity contribution in [3.63, 3.8) is 0 Å². The Kier molecular flexibility index (Phi) is 3.72. The summed E-state index contributed by atoms with van der Waals surface area (Å²) < 4.78 is 0. The molecule has 1 amide bonds. The highest BCUT2D eigenvalue weighted by molar-refractivity contribution is 6.31. The Morgan fingerprint density at radius 3 is 2.59 bits per heavy atom. The summed E-state index contributed by atoms with van der Waals surface area (Å²) >= 11 is 6.05. The van der Waals surface area contributed by atoms with Crippen molar-refractivity contribution in [2.24, 2.45) is 5.92 Å². The van der Waals surface area contributed by atoms with E-state index in [-0.39, 0.29) is 5.91 Å². The first kappa shape index (κ1) is 12.4. The normalized spacial score (nSPS) is 17.2. The molecular weight excluding hydrogens is 234 g/mol. The molecule has 3 heteroatoms. The van der Waals surface area contributed by atoms with Gasteiger partial charge < -0.3 is 4.90 Å². The van der Waals surface area contributed by atoms with Gasteiger partial charge in [0.05, 0.1) is 0 Å². The summed E-state index contributed by atoms with van der Waals surface area (Å²) in [4.78, 5) is 14.2. The minimum absolute atomic E-state index is 0.110. The third-order valence-corrected chi connectivity index (χ3v) is 3.90. The minimum atomic E-state index is 0.110. The molecule has 2 nitrogen and oxygen atoms in total. The van der Waals surface area contributed by atoms with E-state index in [0.717, 1.165) is 37.4 Å². The number of aryl methyl sites for hydroxylation is 1. The second kappa shape index (κ2) is 5.09. The summed E-state index contributed by atoms with van der Waals surface area (Å²) in [7, 11) is 0. The van der Waals surface area contributed by atoms with Crippen molar-refractivity contribution < 1.29 is 4.79 Å². The molecule has 17 heavy (non-hydrogen) atoms. The maximum atomic E-state index is 12.2. The molecule has 92 valence electrons. The molecule has 0 atom stereocenters. The fraction of sp³-hybridized carbons (Fsp3) is 0.500. The molecule has 1 aliphatic heterocycles. The molecule has 0 aliphatic carbocycles. The van der Waals surface area contributed by atoms with E-state index in [0.29, 0.717) is 10.6 Å². The SMILES string of the molecule is Cc1ccc(C(=O)N2CCC(C)CC2)cc1Cl. The van der Waals surface area contributed by atoms with Gasteiger partial charge in [-0.2, -0.15) is 0 Å². The molecule has 1 fully saturated rings. The van der Waals surface area contributed by atoms with Crippen molar-refractivity contribution in [1.82, 2.24) is 4.90 Å². The number of carbonyl (C=O) groups excluding carboxylic acids is 1. The molecule has 0 N–H and O–H groups in total. The van der Waals surface area contributed by atoms with Crippen LogP contribution in [0.3, 0.4) is 0 Å². The Bertz CT molecular complexity index is 422. The smallest absolute Gasteiger partial charge is 0.253 e. The maximum Gasteiger partial charge on any atom is 0.253 e. The van der Waals surface area contributed by atoms with E-state index in [4.69, 9.17) is 11.6 Å². The lowest BCUT2D eigenvalue weighted by Gasteiger charge is -2.30. The fourth-order valence-electron chi connectivity index (χ4n) is 2.12. The number of likely N-dealkylation sites (tertiary alicyclic amines) is 1. The van der Waals surface area contributed by atoms with Crippen molar-refractivity contribution in [3.05, 3.63) is 34.3 Å². The van der Waals surface area contributed by atoms with E-state index in [1.54, 1.807) is 6.07 Å². The molecule has 1 heterocycles. The largest absolute Gasteiger partial charge is 0.339 e. The standard InChI is InChI=1S/C14H18ClNO/c1-10-5-7-16(8-6-10)14(17)12-4-3-11(2)13(15)9-12/h3-4,9-10H,5-8H2,1-2H3. The number of halogens is 1. The fourth-order valence-corrected chi connectivity index (χ4v) is 2.30. The van der Waals surface area contributed by atoms with Gasteiger partial charge in [0.2, 0.25) is 0 Å². The van der Waals surface area contributed by atoms with Gasteiger partial charge in [0.1, 0.15) is 0 Å². The van der Waals surface area contributed by atoms with Crippen LogP contribution in [-0.4, -0.2) is 23.9 Å². The predicted octanol–water partition coefficient (Wildman–Crippen LogP) is 3.52. The van der Waals surface area contributed by atoms with Crippen LogP contribution in [0, 0.1) is 12.8 Å². The molecule has 1 aliphatic rings. The van der Waals surface area contributed by atoms with Crippen LogP contribution in [0.4, 0.5) is 0 Å². The monoisotopic (exact) mass is 251 g/mol. The van der Waals surface area contributed by atoms with Crippen LogP contribution < -0.4 is 0 Å². The van der Waals surface area contributed by atoms with E-state index in [1.165, 1.54) is 0 Å². The van der Waals surface area contributed by atoms with Crippen LogP contribution in [-0.2, 0) is 0 Å². The highest BCUT2D eigenvalue weighted by Gasteiger charge is 2.21. The second-order valence-corrected chi connectivity index (χ2v) is 5.35. The molecule has 1 saturated heterocycles. The van der Waals surface area contributed by atoms with Crippen molar-refractivity contribution in [2.45, 2.75) is 26.7 Å². The van der Waals surface area contributed by atoms with Gasteiger partial charge in [0.15, 0.2) is 0 Å². The molecular formula is C14H18ClNO. The van der Waals surface area contributed by atoms with Crippen LogP contribution in [0.2, 0.25) is 5.02 Å². The van der Waals surface area contributed by atoms with Gasteiger partial charge in [-0.3, -0.25) is 4.79 Å². The van der Waals surface area contributed by atoms with Crippen LogP contribution in [0.1, 0.15) is 35.7 Å². The summed E-state index contributed by atoms with van der Waals surface area (Å²) in [5, 5.41) is 0.668. The van der Waals surface area contributed by atoms with Crippen LogP contribution in [0.5, 0.6) is 0 Å². The Labute approximate surface area is 108 Å². The van der Waals surface area contributed by atoms with Gasteiger partial charge in [-0.1, -0.05) is 24.6 Å². The topological polar surface area (TPSA) is 20.3 Å². The summed E-state index contributed by atoms with van der Waals surface area (Å²) in [5.74, 6) is 0.847. The molecule has 0 saturated carbocycles. The quantitative estimate of drug-likeness (QED) is 0.748. The molecule has 0 aromatic heterocycles. The summed E-state index contributed by atoms with van der Waals surface area (Å²) in [6.45, 7) is 5.92. The highest BCUT2D eigenvalue weighted by Crippen LogP contribution is 2.21. The average molecular weight is 252 g/mol. The van der Waals surface area contributed by atoms with Gasteiger partial charge in [0.25, 0.3) is 5.91 Å². The van der Waals surface area contributed by atoms with Crippen molar-refractivity contribution >= 4 is 17.5 Å². The summed E-state index contributed by atoms with van der Waals surface area (Å²) in [6, 6.07) is 5.54. The van der Waals surface area contributed by atoms with Crippen molar-refractivity contribution in [1.29, 1.82) is 0 Å². The van der Waals surface area contributed by atoms with E-state index in [9.17, 15) is 4.79 Å². The van der Waals surface area contributed by atoms with Crippen molar-refractivity contribution in [2.75, 3.05) is 13.1 Å². The third-order valence-electron chi connectivity index (χ3n) is 3.49. The molecule has 0 radical (unpaired) electrons. The Balaban J connectivity index is 2.11. The number of hydrogen-bond donors (Lipinski definition) is 0. The van der Waals surface area contributed by atoms with Crippen molar-refractivity contribution in [3.8, 4) is 0 Å². The minimum Gasteiger partial charge on any atom is -0.339 e. The second-order valence-electron chi connectivity index (χ2n) is 4.94. The van der Waals surface area contributed by atoms with Gasteiger partial charge in [-0.15, -0.1) is 0 Å². The number of nitrogens with zero attached hydrogens (tertiary/aromatic N) is 1. The van der Waals surface area contributed by atoms with E-state index < -0.39 is 0 Å². The third kappa shape index (κ3) is 2.81. The number of carbonyl (C=O) groups is 1. The first-order chi connectivity index (χ1) is 8.08. The zero-order chi connectivity index (χ0) is 12.4. The number of benzene rings is 1. The molecule has 1 aromatic carbocycles. The van der Waals surface area contributed by atoms with E-state index in [2.05, 4.69) is 6.92 Å². The lowest BCUT2D eigenvalue weighted by Crippen LogP contribution is -2.37. The number of hydrogen-bond acceptors (Lipinski definition) is 1. The lowest BCUT2D eigenvalue weighted by atomic mass is 9.98. The van der Waals surface area contributed by atoms with E-state index in [1.807, 2.05) is 24.0 Å². The molecule has 2 rings (SSSR count). The number of piperidine rings is 1. The van der Waals surface area contributed by atoms with Gasteiger partial charge in [-0.05, 0) is 43.4 Å². The first-order valence-electron chi connectivity index (χ1n) is 6.13. The average Bonchev–Trinajstić information content (AvgIpc) is 2.33. The highest BCUT2D eigenvalue weighted by atomic mass is 35.5.